The molecule has 0 fully saturated rings. The largest absolute Gasteiger partial charge is 1.00 e. The molecule has 3 N–H and O–H groups in total. The molecule has 0 amide bonds. The van der Waals surface area contributed by atoms with Crippen molar-refractivity contribution >= 4 is 19.8 Å². The summed E-state index contributed by atoms with van der Waals surface area (Å²) in [6.07, 6.45) is 12.6. The minimum atomic E-state index is -5.31. The third kappa shape index (κ3) is 36.8. The summed E-state index contributed by atoms with van der Waals surface area (Å²) in [6, 6.07) is 0. The summed E-state index contributed by atoms with van der Waals surface area (Å²) in [4.78, 5) is 45.5. The summed E-state index contributed by atoms with van der Waals surface area (Å²) in [5, 5.41) is 0. The minimum absolute atomic E-state index is 0. The molecule has 0 saturated heterocycles. The van der Waals surface area contributed by atoms with E-state index in [1.165, 1.54) is 51.4 Å². The average molecular weight is 638 g/mol. The van der Waals surface area contributed by atoms with Crippen molar-refractivity contribution in [2.75, 3.05) is 13.2 Å². The van der Waals surface area contributed by atoms with Crippen LogP contribution in [0, 0.1) is 59.2 Å². The van der Waals surface area contributed by atoms with Crippen LogP contribution in [0.1, 0.15) is 110 Å². The van der Waals surface area contributed by atoms with Crippen LogP contribution in [0.4, 0.5) is 0 Å². The molecule has 9 nitrogen and oxygen atoms in total. The molecule has 0 aliphatic carbocycles. The Morgan fingerprint density at radius 3 is 1.67 bits per heavy atom. The third-order valence-corrected chi connectivity index (χ3v) is 5.54. The SMILES string of the molecule is CC#CC#CC#CC#CC#CC(=O)OC[C@H](COP(=O)([O-])[O-])OC(=O)CCCCCCCCCCCCCC.N.[HH].[HH].[HH].[HH].[HH].[HH].[HH].[HH].[HH].[Na+].[Na+]. The summed E-state index contributed by atoms with van der Waals surface area (Å²) < 4.78 is 25.0. The van der Waals surface area contributed by atoms with E-state index in [1.807, 2.05) is 0 Å². The van der Waals surface area contributed by atoms with Gasteiger partial charge in [0.1, 0.15) is 6.61 Å². The topological polar surface area (TPSA) is 160 Å². The van der Waals surface area contributed by atoms with Crippen molar-refractivity contribution in [2.24, 2.45) is 0 Å². The molecule has 12 heteroatoms. The van der Waals surface area contributed by atoms with E-state index in [-0.39, 0.29) is 84.5 Å². The Balaban J connectivity index is -0.000000109. The van der Waals surface area contributed by atoms with Crippen molar-refractivity contribution in [2.45, 2.75) is 103 Å². The number of unbranched alkanes of at least 4 members (excludes halogenated alkanes) is 11. The van der Waals surface area contributed by atoms with Crippen LogP contribution in [0.2, 0.25) is 0 Å². The first kappa shape index (κ1) is 47.7. The van der Waals surface area contributed by atoms with Crippen LogP contribution in [-0.2, 0) is 28.2 Å². The van der Waals surface area contributed by atoms with E-state index >= 15 is 0 Å². The number of esters is 2. The fourth-order valence-electron chi connectivity index (χ4n) is 3.18. The molecule has 0 unspecified atom stereocenters. The number of hydrogen-bond acceptors (Lipinski definition) is 9. The van der Waals surface area contributed by atoms with Crippen LogP contribution < -0.4 is 75.1 Å². The number of phosphoric ester groups is 1. The third-order valence-electron chi connectivity index (χ3n) is 5.08. The molecular weight excluding hydrogens is 579 g/mol. The van der Waals surface area contributed by atoms with Gasteiger partial charge in [-0.3, -0.25) is 4.79 Å². The molecule has 0 bridgehead atoms. The van der Waals surface area contributed by atoms with E-state index in [4.69, 9.17) is 9.47 Å². The van der Waals surface area contributed by atoms with Gasteiger partial charge in [0.15, 0.2) is 6.10 Å². The Morgan fingerprint density at radius 1 is 0.738 bits per heavy atom. The first-order valence-corrected chi connectivity index (χ1v) is 14.7. The zero-order valence-corrected chi connectivity index (χ0v) is 30.5. The van der Waals surface area contributed by atoms with Crippen LogP contribution in [0.3, 0.4) is 0 Å². The normalized spacial score (nSPS) is 9.62. The Hall–Kier alpha value is -1.19. The second kappa shape index (κ2) is 34.3. The molecule has 0 aliphatic heterocycles. The van der Waals surface area contributed by atoms with Gasteiger partial charge in [-0.25, -0.2) is 4.79 Å². The molecule has 0 aromatic carbocycles. The van der Waals surface area contributed by atoms with E-state index in [0.29, 0.717) is 6.42 Å². The van der Waals surface area contributed by atoms with Gasteiger partial charge < -0.3 is 34.5 Å². The maximum Gasteiger partial charge on any atom is 1.00 e. The Morgan fingerprint density at radius 2 is 1.19 bits per heavy atom. The van der Waals surface area contributed by atoms with Gasteiger partial charge in [-0.2, -0.15) is 0 Å². The zero-order chi connectivity index (χ0) is 29.0. The smallest absolute Gasteiger partial charge is 0.790 e. The van der Waals surface area contributed by atoms with E-state index in [0.717, 1.165) is 19.3 Å². The number of ether oxygens (including phenoxy) is 2. The van der Waals surface area contributed by atoms with Crippen molar-refractivity contribution in [3.05, 3.63) is 0 Å². The van der Waals surface area contributed by atoms with E-state index < -0.39 is 39.1 Å². The van der Waals surface area contributed by atoms with Crippen molar-refractivity contribution in [1.29, 1.82) is 0 Å². The predicted octanol–water partition coefficient (Wildman–Crippen LogP) is -0.201. The van der Waals surface area contributed by atoms with Gasteiger partial charge in [0.05, 0.1) is 14.4 Å². The predicted molar refractivity (Wildman–Crippen MR) is 169 cm³/mol. The fraction of sp³-hybridized carbons (Fsp3) is 0.600. The fourth-order valence-corrected chi connectivity index (χ4v) is 3.53. The molecule has 0 aromatic heterocycles. The molecule has 238 valence electrons. The molecule has 0 rings (SSSR count). The van der Waals surface area contributed by atoms with Gasteiger partial charge in [-0.15, -0.1) is 0 Å². The van der Waals surface area contributed by atoms with Crippen LogP contribution in [0.15, 0.2) is 0 Å². The number of rotatable bonds is 19. The van der Waals surface area contributed by atoms with Crippen LogP contribution in [-0.4, -0.2) is 31.3 Å². The monoisotopic (exact) mass is 637 g/mol. The number of hydrogen-bond donors (Lipinski definition) is 1. The molecule has 0 heterocycles. The van der Waals surface area contributed by atoms with Gasteiger partial charge >= 0.3 is 71.1 Å². The molecular formula is C30H58NNa2O8P. The van der Waals surface area contributed by atoms with Gasteiger partial charge in [-0.1, -0.05) is 83.5 Å². The first-order chi connectivity index (χ1) is 18.8. The van der Waals surface area contributed by atoms with Gasteiger partial charge in [0.25, 0.3) is 0 Å². The molecule has 0 aromatic rings. The van der Waals surface area contributed by atoms with Crippen LogP contribution in [0.5, 0.6) is 0 Å². The molecule has 0 saturated carbocycles. The Kier molecular flexibility index (Phi) is 39.0. The van der Waals surface area contributed by atoms with Gasteiger partial charge in [0.2, 0.25) is 0 Å². The molecule has 0 radical (unpaired) electrons. The summed E-state index contributed by atoms with van der Waals surface area (Å²) >= 11 is 0. The van der Waals surface area contributed by atoms with Crippen LogP contribution in [0.25, 0.3) is 0 Å². The average Bonchev–Trinajstić information content (AvgIpc) is 2.89. The van der Waals surface area contributed by atoms with Crippen molar-refractivity contribution < 1.29 is 110 Å². The maximum atomic E-state index is 12.1. The van der Waals surface area contributed by atoms with E-state index in [1.54, 1.807) is 6.92 Å². The minimum Gasteiger partial charge on any atom is -0.790 e. The van der Waals surface area contributed by atoms with Crippen molar-refractivity contribution in [1.82, 2.24) is 6.15 Å². The zero-order valence-electron chi connectivity index (χ0n) is 25.6. The number of carbonyl (C=O) groups excluding carboxylic acids is 2. The van der Waals surface area contributed by atoms with Crippen molar-refractivity contribution in [3.63, 3.8) is 0 Å². The molecule has 42 heavy (non-hydrogen) atoms. The maximum absolute atomic E-state index is 12.1. The van der Waals surface area contributed by atoms with Gasteiger partial charge in [-0.05, 0) is 60.7 Å². The number of carbonyl (C=O) groups is 2. The van der Waals surface area contributed by atoms with Crippen molar-refractivity contribution in [3.8, 4) is 59.2 Å². The van der Waals surface area contributed by atoms with Gasteiger partial charge in [0, 0.05) is 25.2 Å². The summed E-state index contributed by atoms with van der Waals surface area (Å²) in [6.45, 7) is 2.54. The van der Waals surface area contributed by atoms with Crippen LogP contribution >= 0.6 is 7.82 Å². The second-order valence-electron chi connectivity index (χ2n) is 8.47. The summed E-state index contributed by atoms with van der Waals surface area (Å²) in [5.41, 5.74) is 0. The standard InChI is InChI=1S/C30H39O8P.H3N.2Na.9H2/c1-3-5-7-9-11-13-14-15-17-19-21-23-25-30(32)38-28(27-37-39(33,34)35)26-36-29(31)24-22-20-18-16-12-10-8-6-4-2;;;;;;;;;;;;/h28H,3,5,7,9,11,13-15,17,19,21,23,25-27H2,1-2H3,(H2,33,34,35);1H3;;;9*1H/q;;2*+1;;;;;;;;;/p-2/t28-;;;;;;;;;;;;/m1............/s1. The molecule has 0 aliphatic rings. The first-order valence-electron chi connectivity index (χ1n) is 13.2. The van der Waals surface area contributed by atoms with E-state index in [9.17, 15) is 23.9 Å². The second-order valence-corrected chi connectivity index (χ2v) is 9.62. The Bertz CT molecular complexity index is 1130. The number of phosphoric acid groups is 1. The Labute approximate surface area is 309 Å². The quantitative estimate of drug-likeness (QED) is 0.0505. The molecule has 1 atom stereocenters. The summed E-state index contributed by atoms with van der Waals surface area (Å²) in [7, 11) is -5.31. The summed E-state index contributed by atoms with van der Waals surface area (Å²) in [5.74, 6) is 22.2. The van der Waals surface area contributed by atoms with E-state index in [2.05, 4.69) is 70.7 Å². The molecule has 0 spiro atoms.